The predicted octanol–water partition coefficient (Wildman–Crippen LogP) is 4.67. The van der Waals surface area contributed by atoms with Crippen molar-refractivity contribution in [2.45, 2.75) is 32.1 Å². The van der Waals surface area contributed by atoms with Gasteiger partial charge in [0.2, 0.25) is 5.91 Å². The van der Waals surface area contributed by atoms with Gasteiger partial charge in [0.05, 0.1) is 42.1 Å². The van der Waals surface area contributed by atoms with Gasteiger partial charge in [-0.3, -0.25) is 9.59 Å². The second-order valence-electron chi connectivity index (χ2n) is 8.25. The number of benzene rings is 1. The van der Waals surface area contributed by atoms with Crippen LogP contribution in [0.15, 0.2) is 74.4 Å². The molecule has 1 atom stereocenters. The van der Waals surface area contributed by atoms with Gasteiger partial charge in [0.1, 0.15) is 5.76 Å². The molecule has 184 valence electrons. The smallest absolute Gasteiger partial charge is 0.416 e. The van der Waals surface area contributed by atoms with Crippen LogP contribution in [-0.2, 0) is 22.3 Å². The molecule has 3 heterocycles. The molecule has 11 heteroatoms. The van der Waals surface area contributed by atoms with E-state index < -0.39 is 17.8 Å². The molecule has 2 aromatic rings. The lowest BCUT2D eigenvalue weighted by Crippen LogP contribution is -2.40. The van der Waals surface area contributed by atoms with E-state index in [0.717, 1.165) is 12.1 Å². The number of furan rings is 1. The average Bonchev–Trinajstić information content (AvgIpc) is 3.46. The zero-order valence-electron chi connectivity index (χ0n) is 19.2. The number of allylic oxidation sites excluding steroid dienone is 1. The fraction of sp³-hybridized carbons (Fsp3) is 0.292. The van der Waals surface area contributed by atoms with Crippen LogP contribution in [0.3, 0.4) is 0 Å². The van der Waals surface area contributed by atoms with E-state index in [9.17, 15) is 22.8 Å². The number of aliphatic imine (C=N–C) groups is 1. The summed E-state index contributed by atoms with van der Waals surface area (Å²) in [5.74, 6) is 0.0227. The fourth-order valence-corrected chi connectivity index (χ4v) is 4.84. The van der Waals surface area contributed by atoms with Gasteiger partial charge >= 0.3 is 6.18 Å². The number of halogens is 3. The number of likely N-dealkylation sites (N-methyl/N-ethyl adjacent to an activating group) is 1. The third-order valence-electron chi connectivity index (χ3n) is 5.57. The molecule has 0 fully saturated rings. The van der Waals surface area contributed by atoms with Crippen LogP contribution in [0.2, 0.25) is 0 Å². The molecule has 2 aliphatic rings. The lowest BCUT2D eigenvalue weighted by molar-refractivity contribution is -0.137. The maximum absolute atomic E-state index is 13.2. The van der Waals surface area contributed by atoms with Crippen LogP contribution < -0.4 is 5.32 Å². The number of amidine groups is 1. The Kier molecular flexibility index (Phi) is 6.79. The summed E-state index contributed by atoms with van der Waals surface area (Å²) >= 11 is 1.30. The summed E-state index contributed by atoms with van der Waals surface area (Å²) < 4.78 is 44.7. The number of carbonyl (C=O) groups excluding carboxylic acids is 2. The molecule has 1 unspecified atom stereocenters. The van der Waals surface area contributed by atoms with Crippen molar-refractivity contribution in [3.05, 3.63) is 81.9 Å². The van der Waals surface area contributed by atoms with E-state index in [1.165, 1.54) is 35.1 Å². The molecule has 1 aromatic heterocycles. The van der Waals surface area contributed by atoms with Crippen molar-refractivity contribution in [2.75, 3.05) is 14.1 Å². The lowest BCUT2D eigenvalue weighted by atomic mass is 9.92. The Bertz CT molecular complexity index is 1220. The van der Waals surface area contributed by atoms with Crippen molar-refractivity contribution in [3.63, 3.8) is 0 Å². The SMILES string of the molecule is CC1=C(C(=O)N(C)C)C(c2ccc(C(F)(F)F)cc2)N2C(CC(=O)NCc3ccco3)=CSC2=N1. The van der Waals surface area contributed by atoms with Crippen molar-refractivity contribution < 1.29 is 27.2 Å². The first-order valence-corrected chi connectivity index (χ1v) is 11.6. The molecule has 0 aliphatic carbocycles. The van der Waals surface area contributed by atoms with Crippen LogP contribution in [0.1, 0.15) is 36.3 Å². The number of carbonyl (C=O) groups is 2. The normalized spacial score (nSPS) is 17.7. The monoisotopic (exact) mass is 504 g/mol. The van der Waals surface area contributed by atoms with Crippen LogP contribution in [0, 0.1) is 0 Å². The first-order chi connectivity index (χ1) is 16.6. The van der Waals surface area contributed by atoms with Crippen LogP contribution in [0.4, 0.5) is 13.2 Å². The second-order valence-corrected chi connectivity index (χ2v) is 9.08. The first kappa shape index (κ1) is 24.6. The van der Waals surface area contributed by atoms with Gasteiger partial charge in [0.25, 0.3) is 5.91 Å². The van der Waals surface area contributed by atoms with Crippen molar-refractivity contribution in [1.29, 1.82) is 0 Å². The Morgan fingerprint density at radius 1 is 1.20 bits per heavy atom. The molecule has 35 heavy (non-hydrogen) atoms. The van der Waals surface area contributed by atoms with Crippen molar-refractivity contribution in [3.8, 4) is 0 Å². The van der Waals surface area contributed by atoms with Crippen molar-refractivity contribution >= 4 is 28.7 Å². The van der Waals surface area contributed by atoms with Crippen LogP contribution >= 0.6 is 11.8 Å². The molecule has 0 radical (unpaired) electrons. The van der Waals surface area contributed by atoms with E-state index in [2.05, 4.69) is 10.3 Å². The molecule has 0 saturated carbocycles. The minimum Gasteiger partial charge on any atom is -0.467 e. The van der Waals surface area contributed by atoms with Gasteiger partial charge in [-0.25, -0.2) is 4.99 Å². The summed E-state index contributed by atoms with van der Waals surface area (Å²) in [4.78, 5) is 33.5. The predicted molar refractivity (Wildman–Crippen MR) is 126 cm³/mol. The molecule has 7 nitrogen and oxygen atoms in total. The van der Waals surface area contributed by atoms with Gasteiger partial charge in [-0.05, 0) is 42.2 Å². The largest absolute Gasteiger partial charge is 0.467 e. The molecular weight excluding hydrogens is 481 g/mol. The summed E-state index contributed by atoms with van der Waals surface area (Å²) in [5, 5.41) is 5.11. The fourth-order valence-electron chi connectivity index (χ4n) is 3.88. The van der Waals surface area contributed by atoms with Crippen LogP contribution in [0.5, 0.6) is 0 Å². The molecule has 4 rings (SSSR count). The van der Waals surface area contributed by atoms with Gasteiger partial charge in [-0.1, -0.05) is 23.9 Å². The number of amides is 2. The number of hydrogen-bond donors (Lipinski definition) is 1. The van der Waals surface area contributed by atoms with E-state index in [1.54, 1.807) is 43.5 Å². The minimum absolute atomic E-state index is 0.00759. The summed E-state index contributed by atoms with van der Waals surface area (Å²) in [6, 6.07) is 7.45. The third kappa shape index (κ3) is 5.14. The van der Waals surface area contributed by atoms with Crippen LogP contribution in [-0.4, -0.2) is 40.9 Å². The Hall–Kier alpha value is -3.47. The highest BCUT2D eigenvalue weighted by atomic mass is 32.2. The van der Waals surface area contributed by atoms with Crippen molar-refractivity contribution in [1.82, 2.24) is 15.1 Å². The van der Waals surface area contributed by atoms with Gasteiger partial charge in [-0.2, -0.15) is 13.2 Å². The molecule has 1 N–H and O–H groups in total. The molecule has 1 aromatic carbocycles. The van der Waals surface area contributed by atoms with Crippen molar-refractivity contribution in [2.24, 2.45) is 4.99 Å². The summed E-state index contributed by atoms with van der Waals surface area (Å²) in [5.41, 5.74) is 1.11. The third-order valence-corrected chi connectivity index (χ3v) is 6.46. The number of fused-ring (bicyclic) bond motifs is 1. The average molecular weight is 505 g/mol. The first-order valence-electron chi connectivity index (χ1n) is 10.7. The maximum Gasteiger partial charge on any atom is 0.416 e. The van der Waals surface area contributed by atoms with Crippen LogP contribution in [0.25, 0.3) is 0 Å². The number of hydrogen-bond acceptors (Lipinski definition) is 6. The maximum atomic E-state index is 13.2. The van der Waals surface area contributed by atoms with E-state index in [0.29, 0.717) is 33.5 Å². The molecule has 0 bridgehead atoms. The van der Waals surface area contributed by atoms with Gasteiger partial charge in [0.15, 0.2) is 5.17 Å². The highest BCUT2D eigenvalue weighted by molar-refractivity contribution is 8.16. The Balaban J connectivity index is 1.66. The highest BCUT2D eigenvalue weighted by Crippen LogP contribution is 2.45. The van der Waals surface area contributed by atoms with E-state index in [-0.39, 0.29) is 24.8 Å². The van der Waals surface area contributed by atoms with Gasteiger partial charge < -0.3 is 19.5 Å². The number of nitrogens with zero attached hydrogens (tertiary/aromatic N) is 3. The Labute approximate surface area is 204 Å². The summed E-state index contributed by atoms with van der Waals surface area (Å²) in [7, 11) is 3.20. The number of rotatable bonds is 6. The zero-order chi connectivity index (χ0) is 25.3. The summed E-state index contributed by atoms with van der Waals surface area (Å²) in [6.07, 6.45) is -2.97. The topological polar surface area (TPSA) is 78.2 Å². The Morgan fingerprint density at radius 3 is 2.51 bits per heavy atom. The highest BCUT2D eigenvalue weighted by Gasteiger charge is 2.41. The molecule has 0 spiro atoms. The van der Waals surface area contributed by atoms with Gasteiger partial charge in [0, 0.05) is 19.8 Å². The molecule has 0 saturated heterocycles. The Morgan fingerprint density at radius 2 is 1.91 bits per heavy atom. The quantitative estimate of drug-likeness (QED) is 0.619. The van der Waals surface area contributed by atoms with E-state index >= 15 is 0 Å². The summed E-state index contributed by atoms with van der Waals surface area (Å²) in [6.45, 7) is 1.92. The number of thioether (sulfide) groups is 1. The standard InChI is InChI=1S/C24H23F3N4O3S/c1-14-20(22(33)30(2)3)21(15-6-8-16(9-7-15)24(25,26)27)31-17(13-35-23(31)29-14)11-19(32)28-12-18-5-4-10-34-18/h4-10,13,21H,11-12H2,1-3H3,(H,28,32). The minimum atomic E-state index is -4.48. The zero-order valence-corrected chi connectivity index (χ0v) is 20.0. The molecule has 2 aliphatic heterocycles. The lowest BCUT2D eigenvalue weighted by Gasteiger charge is -2.37. The second kappa shape index (κ2) is 9.65. The number of alkyl halides is 3. The molecular formula is C24H23F3N4O3S. The van der Waals surface area contributed by atoms with E-state index in [1.807, 2.05) is 0 Å². The number of nitrogens with one attached hydrogen (secondary N) is 1. The van der Waals surface area contributed by atoms with Gasteiger partial charge in [-0.15, -0.1) is 0 Å². The van der Waals surface area contributed by atoms with E-state index in [4.69, 9.17) is 4.42 Å². The molecule has 2 amide bonds.